The van der Waals surface area contributed by atoms with E-state index in [1.165, 1.54) is 25.7 Å². The molecule has 7 heavy (non-hydrogen) atoms. The van der Waals surface area contributed by atoms with Crippen LogP contribution in [0.4, 0.5) is 0 Å². The standard InChI is InChI=1S/C6H10.Pb.2H/c1-2-4-6-5-3-1;;;/h1-2H,3-6H2;;;. The van der Waals surface area contributed by atoms with Gasteiger partial charge in [0.1, 0.15) is 0 Å². The molecule has 0 fully saturated rings. The normalized spacial score (nSPS) is 18.3. The summed E-state index contributed by atoms with van der Waals surface area (Å²) in [5.41, 5.74) is 0. The molecular formula is C6H12Pb. The van der Waals surface area contributed by atoms with E-state index < -0.39 is 0 Å². The third-order valence-corrected chi connectivity index (χ3v) is 1.16. The molecule has 0 amide bonds. The number of rotatable bonds is 0. The zero-order valence-corrected chi connectivity index (χ0v) is 10.2. The molecule has 0 saturated carbocycles. The molecule has 0 aromatic heterocycles. The quantitative estimate of drug-likeness (QED) is 0.465. The van der Waals surface area contributed by atoms with Gasteiger partial charge < -0.3 is 0 Å². The van der Waals surface area contributed by atoms with Crippen molar-refractivity contribution in [3.05, 3.63) is 12.2 Å². The SMILES string of the molecule is C1=CCCCC1.[PbH2]. The zero-order chi connectivity index (χ0) is 4.24. The van der Waals surface area contributed by atoms with Gasteiger partial charge in [-0.2, -0.15) is 0 Å². The first-order valence-corrected chi connectivity index (χ1v) is 2.65. The maximum atomic E-state index is 2.27. The van der Waals surface area contributed by atoms with Gasteiger partial charge in [0.25, 0.3) is 0 Å². The van der Waals surface area contributed by atoms with Gasteiger partial charge in [-0.05, 0) is 25.7 Å². The van der Waals surface area contributed by atoms with Gasteiger partial charge in [-0.15, -0.1) is 0 Å². The van der Waals surface area contributed by atoms with Gasteiger partial charge in [0, 0.05) is 0 Å². The van der Waals surface area contributed by atoms with Gasteiger partial charge in [-0.3, -0.25) is 0 Å². The van der Waals surface area contributed by atoms with Crippen LogP contribution in [0.25, 0.3) is 0 Å². The molecular weight excluding hydrogens is 279 g/mol. The summed E-state index contributed by atoms with van der Waals surface area (Å²) in [6, 6.07) is 0. The summed E-state index contributed by atoms with van der Waals surface area (Å²) >= 11 is 0. The van der Waals surface area contributed by atoms with E-state index >= 15 is 0 Å². The van der Waals surface area contributed by atoms with Crippen LogP contribution >= 0.6 is 0 Å². The number of hydrogen-bond acceptors (Lipinski definition) is 0. The minimum absolute atomic E-state index is 0. The van der Waals surface area contributed by atoms with Gasteiger partial charge in [0.15, 0.2) is 0 Å². The van der Waals surface area contributed by atoms with Crippen LogP contribution in [0, 0.1) is 0 Å². The average Bonchev–Trinajstić information content (AvgIpc) is 1.72. The van der Waals surface area contributed by atoms with Crippen molar-refractivity contribution >= 4 is 27.3 Å². The van der Waals surface area contributed by atoms with Gasteiger partial charge in [-0.25, -0.2) is 0 Å². The summed E-state index contributed by atoms with van der Waals surface area (Å²) in [5, 5.41) is 0. The van der Waals surface area contributed by atoms with Crippen LogP contribution in [0.15, 0.2) is 12.2 Å². The summed E-state index contributed by atoms with van der Waals surface area (Å²) in [5.74, 6) is 0. The third-order valence-electron chi connectivity index (χ3n) is 1.16. The van der Waals surface area contributed by atoms with E-state index in [-0.39, 0.29) is 27.3 Å². The van der Waals surface area contributed by atoms with Crippen LogP contribution in [-0.4, -0.2) is 27.3 Å². The molecule has 1 aliphatic rings. The monoisotopic (exact) mass is 292 g/mol. The molecule has 0 aromatic carbocycles. The predicted molar refractivity (Wildman–Crippen MR) is 36.2 cm³/mol. The first-order chi connectivity index (χ1) is 3.00. The van der Waals surface area contributed by atoms with Gasteiger partial charge in [0.2, 0.25) is 0 Å². The fraction of sp³-hybridized carbons (Fsp3) is 0.667. The van der Waals surface area contributed by atoms with E-state index in [1.54, 1.807) is 0 Å². The Bertz CT molecular complexity index is 49.2. The van der Waals surface area contributed by atoms with Crippen LogP contribution in [0.5, 0.6) is 0 Å². The summed E-state index contributed by atoms with van der Waals surface area (Å²) in [6.07, 6.45) is 10.0. The van der Waals surface area contributed by atoms with Crippen molar-refractivity contribution in [3.8, 4) is 0 Å². The van der Waals surface area contributed by atoms with E-state index in [0.29, 0.717) is 0 Å². The molecule has 1 rings (SSSR count). The second-order valence-electron chi connectivity index (χ2n) is 1.76. The van der Waals surface area contributed by atoms with Crippen LogP contribution in [0.3, 0.4) is 0 Å². The molecule has 1 heteroatoms. The van der Waals surface area contributed by atoms with Crippen molar-refractivity contribution in [1.29, 1.82) is 0 Å². The minimum atomic E-state index is 0. The van der Waals surface area contributed by atoms with E-state index in [1.807, 2.05) is 0 Å². The Morgan fingerprint density at radius 3 is 1.43 bits per heavy atom. The summed E-state index contributed by atoms with van der Waals surface area (Å²) < 4.78 is 0. The van der Waals surface area contributed by atoms with Crippen LogP contribution in [-0.2, 0) is 0 Å². The van der Waals surface area contributed by atoms with Gasteiger partial charge >= 0.3 is 27.3 Å². The molecule has 0 saturated heterocycles. The van der Waals surface area contributed by atoms with E-state index in [0.717, 1.165) is 0 Å². The van der Waals surface area contributed by atoms with Crippen molar-refractivity contribution in [2.45, 2.75) is 25.7 Å². The van der Waals surface area contributed by atoms with Gasteiger partial charge in [-0.1, -0.05) is 12.2 Å². The van der Waals surface area contributed by atoms with Crippen molar-refractivity contribution < 1.29 is 0 Å². The van der Waals surface area contributed by atoms with Gasteiger partial charge in [0.05, 0.1) is 0 Å². The molecule has 0 aliphatic heterocycles. The number of allylic oxidation sites excluding steroid dienone is 2. The fourth-order valence-corrected chi connectivity index (χ4v) is 0.760. The zero-order valence-electron chi connectivity index (χ0n) is 4.69. The second kappa shape index (κ2) is 4.81. The average molecular weight is 291 g/mol. The van der Waals surface area contributed by atoms with Crippen LogP contribution in [0.1, 0.15) is 25.7 Å². The Labute approximate surface area is 65.2 Å². The van der Waals surface area contributed by atoms with E-state index in [9.17, 15) is 0 Å². The fourth-order valence-electron chi connectivity index (χ4n) is 0.760. The molecule has 0 atom stereocenters. The maximum absolute atomic E-state index is 2.27. The molecule has 0 unspecified atom stereocenters. The predicted octanol–water partition coefficient (Wildman–Crippen LogP) is 1.20. The summed E-state index contributed by atoms with van der Waals surface area (Å²) in [7, 11) is 0. The molecule has 0 bridgehead atoms. The molecule has 0 aromatic rings. The molecule has 1 aliphatic carbocycles. The Morgan fingerprint density at radius 1 is 0.857 bits per heavy atom. The van der Waals surface area contributed by atoms with Crippen molar-refractivity contribution in [2.24, 2.45) is 0 Å². The Balaban J connectivity index is 0.000000360. The molecule has 40 valence electrons. The molecule has 0 spiro atoms. The topological polar surface area (TPSA) is 0 Å². The van der Waals surface area contributed by atoms with Crippen molar-refractivity contribution in [1.82, 2.24) is 0 Å². The first-order valence-electron chi connectivity index (χ1n) is 2.65. The van der Waals surface area contributed by atoms with Crippen LogP contribution in [0.2, 0.25) is 0 Å². The summed E-state index contributed by atoms with van der Waals surface area (Å²) in [6.45, 7) is 0. The molecule has 0 N–H and O–H groups in total. The molecule has 2 radical (unpaired) electrons. The van der Waals surface area contributed by atoms with E-state index in [4.69, 9.17) is 0 Å². The Kier molecular flexibility index (Phi) is 5.27. The molecule has 0 heterocycles. The van der Waals surface area contributed by atoms with Crippen LogP contribution < -0.4 is 0 Å². The number of hydrogen-bond donors (Lipinski definition) is 0. The second-order valence-corrected chi connectivity index (χ2v) is 1.76. The van der Waals surface area contributed by atoms with Crippen molar-refractivity contribution in [3.63, 3.8) is 0 Å². The Hall–Kier alpha value is 0.662. The third kappa shape index (κ3) is 3.26. The van der Waals surface area contributed by atoms with Crippen molar-refractivity contribution in [2.75, 3.05) is 0 Å². The first kappa shape index (κ1) is 7.66. The van der Waals surface area contributed by atoms with E-state index in [2.05, 4.69) is 12.2 Å². The molecule has 0 nitrogen and oxygen atoms in total. The Morgan fingerprint density at radius 2 is 1.29 bits per heavy atom. The summed E-state index contributed by atoms with van der Waals surface area (Å²) in [4.78, 5) is 0.